The van der Waals surface area contributed by atoms with Crippen molar-refractivity contribution >= 4 is 216 Å². The maximum absolute atomic E-state index is 14.4. The van der Waals surface area contributed by atoms with E-state index in [2.05, 4.69) is 52.5 Å². The van der Waals surface area contributed by atoms with Gasteiger partial charge < -0.3 is 80.1 Å². The molecule has 0 aliphatic carbocycles. The molecule has 12 rings (SSSR count). The maximum atomic E-state index is 14.4. The molecule has 0 unspecified atom stereocenters. The normalized spacial score (nSPS) is 16.6. The highest BCUT2D eigenvalue weighted by Gasteiger charge is 2.38. The number of H-pyrrole nitrogens is 1. The number of nitrogens with zero attached hydrogens (tertiary/aromatic N) is 9. The summed E-state index contributed by atoms with van der Waals surface area (Å²) >= 11 is 29.3. The summed E-state index contributed by atoms with van der Waals surface area (Å²) in [5.41, 5.74) is 3.15. The Bertz CT molecular complexity index is 5000. The third-order valence-electron chi connectivity index (χ3n) is 17.3. The fraction of sp³-hybridized carbons (Fsp3) is 0.307. The highest BCUT2D eigenvalue weighted by Crippen LogP contribution is 2.32. The van der Waals surface area contributed by atoms with Crippen LogP contribution >= 0.6 is 73.3 Å². The van der Waals surface area contributed by atoms with Crippen molar-refractivity contribution in [2.75, 3.05) is 132 Å². The Labute approximate surface area is 719 Å². The van der Waals surface area contributed by atoms with Crippen LogP contribution in [0.2, 0.25) is 0 Å². The van der Waals surface area contributed by atoms with E-state index in [1.54, 1.807) is 59.9 Å². The number of aromatic nitrogens is 2. The van der Waals surface area contributed by atoms with Crippen LogP contribution in [0.1, 0.15) is 65.9 Å². The van der Waals surface area contributed by atoms with Gasteiger partial charge in [-0.1, -0.05) is 73.3 Å². The van der Waals surface area contributed by atoms with Crippen molar-refractivity contribution in [1.29, 1.82) is 0 Å². The lowest BCUT2D eigenvalue weighted by atomic mass is 10.1. The molecule has 5 aromatic carbocycles. The van der Waals surface area contributed by atoms with Crippen molar-refractivity contribution in [2.45, 2.75) is 65.1 Å². The summed E-state index contributed by atoms with van der Waals surface area (Å²) in [6, 6.07) is 22.6. The number of rotatable bonds is 25. The largest absolute Gasteiger partial charge is 0.442 e. The molecule has 5 saturated heterocycles. The van der Waals surface area contributed by atoms with Gasteiger partial charge >= 0.3 is 36.4 Å². The zero-order valence-electron chi connectivity index (χ0n) is 65.4. The molecular formula is C75H79F5N18O17S6. The lowest BCUT2D eigenvalue weighted by molar-refractivity contribution is -0.402. The third kappa shape index (κ3) is 26.6. The van der Waals surface area contributed by atoms with Crippen LogP contribution in [0, 0.1) is 39.2 Å². The number of aromatic amines is 1. The van der Waals surface area contributed by atoms with Crippen molar-refractivity contribution in [2.24, 2.45) is 0 Å². The SMILES string of the molecule is CC(=S)NC[C@H]1CN(c2ccc(C(=O)Nc3ncc[nH]3)c(F)c2)C(=O)O1.CC(=S)NC[C@H]1CN(c2ccc(N(C)C=O)c(F)c2)C(=O)O1.CC(=S)NC[C@H]1CN(c2ccc(N(C)C=S)c(F)c2)C(=O)O1.CC(=S)NC[C@H]1CN(c2ccc(NC(=O)c3ccc([N+](=O)[O-])o3)c(F)c2)C(=O)O1.CNC(=O)c1ccc(N2C[C@H](CNC(C)=S)OC2=O)cc1F. The number of anilines is 9. The predicted octanol–water partition coefficient (Wildman–Crippen LogP) is 10.5. The van der Waals surface area contributed by atoms with Gasteiger partial charge in [-0.15, -0.1) is 0 Å². The Morgan fingerprint density at radius 1 is 0.496 bits per heavy atom. The smallest absolute Gasteiger partial charge is 0.433 e. The van der Waals surface area contributed by atoms with E-state index < -0.39 is 100 Å². The van der Waals surface area contributed by atoms with E-state index in [0.717, 1.165) is 35.2 Å². The average molecular weight is 1790 g/mol. The zero-order valence-corrected chi connectivity index (χ0v) is 70.3. The average Bonchev–Trinajstić information content (AvgIpc) is 1.70. The lowest BCUT2D eigenvalue weighted by Crippen LogP contribution is -2.32. The number of carbonyl (C=O) groups is 9. The number of imidazole rings is 1. The van der Waals surface area contributed by atoms with E-state index in [9.17, 15) is 75.2 Å². The van der Waals surface area contributed by atoms with Gasteiger partial charge in [0.2, 0.25) is 12.4 Å². The molecule has 7 aromatic rings. The number of nitro groups is 1. The summed E-state index contributed by atoms with van der Waals surface area (Å²) < 4.78 is 102. The first-order chi connectivity index (χ1) is 57.4. The summed E-state index contributed by atoms with van der Waals surface area (Å²) in [4.78, 5) is 135. The number of benzene rings is 5. The number of hydrogen-bond acceptors (Lipinski definition) is 24. The third-order valence-corrected chi connectivity index (χ3v) is 18.3. The van der Waals surface area contributed by atoms with Crippen molar-refractivity contribution < 1.29 is 98.1 Å². The summed E-state index contributed by atoms with van der Waals surface area (Å²) in [6.07, 6.45) is -1.18. The number of hydrogen-bond donors (Lipinski definition) is 9. The minimum Gasteiger partial charge on any atom is -0.442 e. The molecule has 0 saturated carbocycles. The summed E-state index contributed by atoms with van der Waals surface area (Å²) in [5.74, 6) is -6.05. The van der Waals surface area contributed by atoms with Crippen molar-refractivity contribution in [3.05, 3.63) is 172 Å². The first-order valence-corrected chi connectivity index (χ1v) is 38.5. The Hall–Kier alpha value is -12.8. The molecule has 46 heteroatoms. The van der Waals surface area contributed by atoms with E-state index in [1.165, 1.54) is 116 Å². The van der Waals surface area contributed by atoms with E-state index >= 15 is 0 Å². The number of carbonyl (C=O) groups excluding carboxylic acids is 9. The molecule has 5 atom stereocenters. The van der Waals surface area contributed by atoms with Gasteiger partial charge in [-0.3, -0.25) is 59.1 Å². The minimum atomic E-state index is -0.855. The number of nitrogens with one attached hydrogen (secondary N) is 9. The van der Waals surface area contributed by atoms with Crippen LogP contribution in [0.25, 0.3) is 0 Å². The van der Waals surface area contributed by atoms with E-state index in [-0.39, 0.29) is 77.8 Å². The monoisotopic (exact) mass is 1790 g/mol. The van der Waals surface area contributed by atoms with Gasteiger partial charge in [-0.2, -0.15) is 0 Å². The quantitative estimate of drug-likeness (QED) is 0.00641. The molecule has 0 radical (unpaired) electrons. The Balaban J connectivity index is 0.000000189. The maximum Gasteiger partial charge on any atom is 0.433 e. The van der Waals surface area contributed by atoms with Gasteiger partial charge in [0.1, 0.15) is 64.5 Å². The van der Waals surface area contributed by atoms with Crippen molar-refractivity contribution in [3.63, 3.8) is 0 Å². The number of halogens is 5. The second-order valence-electron chi connectivity index (χ2n) is 26.3. The van der Waals surface area contributed by atoms with Gasteiger partial charge in [0.25, 0.3) is 17.7 Å². The molecule has 35 nitrogen and oxygen atoms in total. The molecule has 7 heterocycles. The number of thiocarbonyl (C=S) groups is 6. The molecule has 121 heavy (non-hydrogen) atoms. The van der Waals surface area contributed by atoms with E-state index in [4.69, 9.17) is 101 Å². The highest BCUT2D eigenvalue weighted by molar-refractivity contribution is 7.81. The van der Waals surface area contributed by atoms with Crippen LogP contribution in [0.5, 0.6) is 0 Å². The number of ether oxygens (including phenoxy) is 5. The van der Waals surface area contributed by atoms with Crippen LogP contribution < -0.4 is 76.8 Å². The van der Waals surface area contributed by atoms with Crippen molar-refractivity contribution in [1.82, 2.24) is 41.9 Å². The Morgan fingerprint density at radius 2 is 0.835 bits per heavy atom. The van der Waals surface area contributed by atoms with E-state index in [0.29, 0.717) is 106 Å². The second kappa shape index (κ2) is 43.8. The molecule has 5 aliphatic heterocycles. The molecule has 0 spiro atoms. The number of furan rings is 1. The summed E-state index contributed by atoms with van der Waals surface area (Å²) in [5, 5.41) is 32.3. The molecule has 0 bridgehead atoms. The number of cyclic esters (lactones) is 5. The standard InChI is InChI=1S/C17H15FN4O6S.C16H16FN5O3S.2C14H16FN3O3S.C14H16FN3O2S2/c1-9(29)19-7-11-8-21(17(24)27-11)10-2-3-13(12(18)6-10)20-16(23)14-4-5-15(28-14)22(25)26;1-9(26)20-7-11-8-22(16(24)25-11)10-2-3-12(13(17)6-10)14(23)21-15-18-4-5-19-15;1-9(22)16-6-11-7-18(14(20)21-11)10-3-4-13(12(15)5-10)17(2)8-19;1-8(22)17-6-10-7-18(14(20)21-10)9-3-4-11(12(15)5-9)13(19)16-2;1-9(22)16-6-11-7-18(14(19)20-11)10-3-4-13(12(15)5-10)17(2)8-21/h2-6,11H,7-8H2,1H3,(H,19,29)(H,20,23);2-6,11H,7-8H2,1H3,(H,20,26)(H2,18,19,21,23);3-5,8,11H,6-7H2,1-2H3,(H,16,22);3-5,10H,6-7H2,1-2H3,(H,16,19)(H,17,22);3-5,8,11H,6-7H2,1-2H3,(H,16,22)/t3*11-;10-;11-/m00000/s1. The van der Waals surface area contributed by atoms with Gasteiger partial charge in [0, 0.05) is 33.5 Å². The fourth-order valence-corrected chi connectivity index (χ4v) is 11.9. The molecular weight excluding hydrogens is 1710 g/mol. The van der Waals surface area contributed by atoms with Crippen LogP contribution in [0.15, 0.2) is 120 Å². The van der Waals surface area contributed by atoms with Gasteiger partial charge in [-0.05, 0) is 132 Å². The minimum absolute atomic E-state index is 0.0756. The topological polar surface area (TPSA) is 404 Å². The molecule has 9 amide bonds. The fourth-order valence-electron chi connectivity index (χ4n) is 11.4. The van der Waals surface area contributed by atoms with Gasteiger partial charge in [0.15, 0.2) is 5.76 Å². The predicted molar refractivity (Wildman–Crippen MR) is 461 cm³/mol. The van der Waals surface area contributed by atoms with Gasteiger partial charge in [0.05, 0.1) is 159 Å². The summed E-state index contributed by atoms with van der Waals surface area (Å²) in [6.45, 7) is 12.0. The van der Waals surface area contributed by atoms with Crippen molar-refractivity contribution in [3.8, 4) is 0 Å². The first-order valence-electron chi connectivity index (χ1n) is 36.0. The van der Waals surface area contributed by atoms with Gasteiger partial charge in [-0.25, -0.2) is 50.9 Å². The molecule has 2 aromatic heterocycles. The molecule has 642 valence electrons. The highest BCUT2D eigenvalue weighted by atomic mass is 32.1. The van der Waals surface area contributed by atoms with E-state index in [1.807, 2.05) is 0 Å². The number of amides is 9. The van der Waals surface area contributed by atoms with Crippen LogP contribution in [0.3, 0.4) is 0 Å². The summed E-state index contributed by atoms with van der Waals surface area (Å²) in [7, 11) is 4.53. The van der Waals surface area contributed by atoms with Crippen LogP contribution in [-0.4, -0.2) is 217 Å². The zero-order chi connectivity index (χ0) is 88.6. The van der Waals surface area contributed by atoms with Crippen LogP contribution in [0.4, 0.5) is 103 Å². The van der Waals surface area contributed by atoms with Crippen LogP contribution in [-0.2, 0) is 28.5 Å². The Morgan fingerprint density at radius 3 is 1.13 bits per heavy atom. The molecule has 5 aliphatic rings. The molecule has 5 fully saturated rings. The molecule has 9 N–H and O–H groups in total. The lowest BCUT2D eigenvalue weighted by Gasteiger charge is -2.17. The second-order valence-corrected chi connectivity index (χ2v) is 29.6. The Kier molecular flexibility index (Phi) is 33.9. The first kappa shape index (κ1) is 93.7.